The molecule has 0 radical (unpaired) electrons. The Morgan fingerprint density at radius 2 is 2.12 bits per heavy atom. The van der Waals surface area contributed by atoms with Gasteiger partial charge in [0.05, 0.1) is 12.5 Å². The lowest BCUT2D eigenvalue weighted by molar-refractivity contribution is -0.147. The Hall–Kier alpha value is -1.35. The number of ether oxygens (including phenoxy) is 1. The maximum Gasteiger partial charge on any atom is 0.310 e. The molecule has 0 aliphatic carbocycles. The quantitative estimate of drug-likeness (QED) is 0.784. The van der Waals surface area contributed by atoms with Gasteiger partial charge in [0, 0.05) is 19.0 Å². The van der Waals surface area contributed by atoms with E-state index in [-0.39, 0.29) is 17.8 Å². The van der Waals surface area contributed by atoms with Crippen molar-refractivity contribution in [2.24, 2.45) is 5.92 Å². The van der Waals surface area contributed by atoms with Crippen LogP contribution in [0.25, 0.3) is 0 Å². The summed E-state index contributed by atoms with van der Waals surface area (Å²) in [6, 6.07) is 10.2. The predicted octanol–water partition coefficient (Wildman–Crippen LogP) is 1.55. The average molecular weight is 219 g/mol. The lowest BCUT2D eigenvalue weighted by Gasteiger charge is -2.17. The number of carbonyl (C=O) groups excluding carboxylic acids is 1. The summed E-state index contributed by atoms with van der Waals surface area (Å²) >= 11 is 0. The molecule has 1 aliphatic rings. The third-order valence-corrected chi connectivity index (χ3v) is 3.03. The number of hydrogen-bond acceptors (Lipinski definition) is 3. The molecular weight excluding hydrogens is 202 g/mol. The van der Waals surface area contributed by atoms with Gasteiger partial charge in [0.2, 0.25) is 0 Å². The number of benzene rings is 1. The first kappa shape index (κ1) is 11.1. The van der Waals surface area contributed by atoms with Crippen LogP contribution < -0.4 is 5.32 Å². The van der Waals surface area contributed by atoms with Crippen LogP contribution in [0.15, 0.2) is 30.3 Å². The number of nitrogens with one attached hydrogen (secondary N) is 1. The molecule has 1 N–H and O–H groups in total. The van der Waals surface area contributed by atoms with Gasteiger partial charge in [-0.2, -0.15) is 0 Å². The van der Waals surface area contributed by atoms with Crippen LogP contribution >= 0.6 is 0 Å². The van der Waals surface area contributed by atoms with Gasteiger partial charge in [0.15, 0.2) is 0 Å². The van der Waals surface area contributed by atoms with Gasteiger partial charge in [0.25, 0.3) is 0 Å². The predicted molar refractivity (Wildman–Crippen MR) is 62.2 cm³/mol. The van der Waals surface area contributed by atoms with Gasteiger partial charge in [-0.05, 0) is 12.5 Å². The Kier molecular flexibility index (Phi) is 3.57. The summed E-state index contributed by atoms with van der Waals surface area (Å²) in [4.78, 5) is 11.8. The van der Waals surface area contributed by atoms with E-state index in [1.165, 1.54) is 5.56 Å². The van der Waals surface area contributed by atoms with E-state index in [1.54, 1.807) is 0 Å². The largest absolute Gasteiger partial charge is 0.466 e. The Morgan fingerprint density at radius 3 is 2.81 bits per heavy atom. The van der Waals surface area contributed by atoms with E-state index in [1.807, 2.05) is 25.1 Å². The van der Waals surface area contributed by atoms with Gasteiger partial charge in [-0.3, -0.25) is 4.79 Å². The zero-order valence-electron chi connectivity index (χ0n) is 9.48. The van der Waals surface area contributed by atoms with Gasteiger partial charge < -0.3 is 10.1 Å². The summed E-state index contributed by atoms with van der Waals surface area (Å²) in [7, 11) is 0. The molecule has 3 heteroatoms. The highest BCUT2D eigenvalue weighted by molar-refractivity contribution is 5.74. The van der Waals surface area contributed by atoms with Crippen molar-refractivity contribution in [2.45, 2.75) is 12.8 Å². The summed E-state index contributed by atoms with van der Waals surface area (Å²) < 4.78 is 5.10. The first-order valence-electron chi connectivity index (χ1n) is 5.75. The molecule has 3 nitrogen and oxygen atoms in total. The van der Waals surface area contributed by atoms with Crippen molar-refractivity contribution in [3.8, 4) is 0 Å². The number of hydrogen-bond donors (Lipinski definition) is 1. The maximum atomic E-state index is 11.8. The SMILES string of the molecule is CCOC(=O)C1CNCC1c1ccccc1. The van der Waals surface area contributed by atoms with Crippen molar-refractivity contribution in [1.82, 2.24) is 5.32 Å². The average Bonchev–Trinajstić information content (AvgIpc) is 2.79. The van der Waals surface area contributed by atoms with E-state index >= 15 is 0 Å². The molecule has 0 bridgehead atoms. The molecule has 0 aromatic heterocycles. The highest BCUT2D eigenvalue weighted by Crippen LogP contribution is 2.28. The van der Waals surface area contributed by atoms with Gasteiger partial charge in [0.1, 0.15) is 0 Å². The molecule has 2 rings (SSSR count). The van der Waals surface area contributed by atoms with Crippen LogP contribution in [0.3, 0.4) is 0 Å². The zero-order chi connectivity index (χ0) is 11.4. The second-order valence-corrected chi connectivity index (χ2v) is 4.03. The van der Waals surface area contributed by atoms with Crippen molar-refractivity contribution < 1.29 is 9.53 Å². The molecule has 0 amide bonds. The minimum atomic E-state index is -0.0821. The van der Waals surface area contributed by atoms with Crippen LogP contribution in [0.2, 0.25) is 0 Å². The van der Waals surface area contributed by atoms with Crippen molar-refractivity contribution in [1.29, 1.82) is 0 Å². The topological polar surface area (TPSA) is 38.3 Å². The molecule has 1 heterocycles. The van der Waals surface area contributed by atoms with Gasteiger partial charge >= 0.3 is 5.97 Å². The third kappa shape index (κ3) is 2.25. The molecule has 86 valence electrons. The van der Waals surface area contributed by atoms with Gasteiger partial charge in [-0.1, -0.05) is 30.3 Å². The van der Waals surface area contributed by atoms with Crippen molar-refractivity contribution in [2.75, 3.05) is 19.7 Å². The molecule has 16 heavy (non-hydrogen) atoms. The fourth-order valence-corrected chi connectivity index (χ4v) is 2.23. The molecule has 1 fully saturated rings. The van der Waals surface area contributed by atoms with Crippen LogP contribution in [0, 0.1) is 5.92 Å². The summed E-state index contributed by atoms with van der Waals surface area (Å²) in [5.41, 5.74) is 1.21. The normalized spacial score (nSPS) is 24.3. The molecule has 1 aromatic carbocycles. The highest BCUT2D eigenvalue weighted by Gasteiger charge is 2.34. The van der Waals surface area contributed by atoms with Crippen LogP contribution in [0.4, 0.5) is 0 Å². The van der Waals surface area contributed by atoms with E-state index in [9.17, 15) is 4.79 Å². The van der Waals surface area contributed by atoms with E-state index in [0.29, 0.717) is 6.61 Å². The van der Waals surface area contributed by atoms with Gasteiger partial charge in [-0.25, -0.2) is 0 Å². The standard InChI is InChI=1S/C13H17NO2/c1-2-16-13(15)12-9-14-8-11(12)10-6-4-3-5-7-10/h3-7,11-12,14H,2,8-9H2,1H3. The van der Waals surface area contributed by atoms with E-state index in [4.69, 9.17) is 4.74 Å². The van der Waals surface area contributed by atoms with Crippen molar-refractivity contribution >= 4 is 5.97 Å². The monoisotopic (exact) mass is 219 g/mol. The van der Waals surface area contributed by atoms with Crippen molar-refractivity contribution in [3.05, 3.63) is 35.9 Å². The van der Waals surface area contributed by atoms with Crippen LogP contribution in [-0.2, 0) is 9.53 Å². The lowest BCUT2D eigenvalue weighted by atomic mass is 9.89. The van der Waals surface area contributed by atoms with Crippen LogP contribution in [0.5, 0.6) is 0 Å². The molecule has 2 atom stereocenters. The maximum absolute atomic E-state index is 11.8. The lowest BCUT2D eigenvalue weighted by Crippen LogP contribution is -2.24. The summed E-state index contributed by atoms with van der Waals surface area (Å²) in [5, 5.41) is 3.26. The summed E-state index contributed by atoms with van der Waals surface area (Å²) in [5.74, 6) is 0.129. The Balaban J connectivity index is 2.12. The second kappa shape index (κ2) is 5.12. The fourth-order valence-electron chi connectivity index (χ4n) is 2.23. The molecule has 1 aromatic rings. The van der Waals surface area contributed by atoms with Gasteiger partial charge in [-0.15, -0.1) is 0 Å². The summed E-state index contributed by atoms with van der Waals surface area (Å²) in [6.07, 6.45) is 0. The Labute approximate surface area is 95.8 Å². The smallest absolute Gasteiger partial charge is 0.310 e. The van der Waals surface area contributed by atoms with E-state index < -0.39 is 0 Å². The van der Waals surface area contributed by atoms with Crippen molar-refractivity contribution in [3.63, 3.8) is 0 Å². The van der Waals surface area contributed by atoms with E-state index in [2.05, 4.69) is 17.4 Å². The third-order valence-electron chi connectivity index (χ3n) is 3.03. The van der Waals surface area contributed by atoms with Crippen LogP contribution in [-0.4, -0.2) is 25.7 Å². The minimum Gasteiger partial charge on any atom is -0.466 e. The molecular formula is C13H17NO2. The number of carbonyl (C=O) groups is 1. The Morgan fingerprint density at radius 1 is 1.38 bits per heavy atom. The number of rotatable bonds is 3. The summed E-state index contributed by atoms with van der Waals surface area (Å²) in [6.45, 7) is 3.88. The molecule has 0 saturated carbocycles. The molecule has 1 aliphatic heterocycles. The first-order chi connectivity index (χ1) is 7.83. The second-order valence-electron chi connectivity index (χ2n) is 4.03. The fraction of sp³-hybridized carbons (Fsp3) is 0.462. The molecule has 1 saturated heterocycles. The Bertz CT molecular complexity index is 350. The minimum absolute atomic E-state index is 0.0395. The molecule has 2 unspecified atom stereocenters. The van der Waals surface area contributed by atoms with Crippen LogP contribution in [0.1, 0.15) is 18.4 Å². The highest BCUT2D eigenvalue weighted by atomic mass is 16.5. The first-order valence-corrected chi connectivity index (χ1v) is 5.75. The number of esters is 1. The molecule has 0 spiro atoms. The van der Waals surface area contributed by atoms with E-state index in [0.717, 1.165) is 13.1 Å². The zero-order valence-corrected chi connectivity index (χ0v) is 9.48.